The van der Waals surface area contributed by atoms with Crippen LogP contribution in [0.2, 0.25) is 0 Å². The number of hydrogen-bond acceptors (Lipinski definition) is 2. The van der Waals surface area contributed by atoms with Gasteiger partial charge >= 0.3 is 0 Å². The number of nitrogens with zero attached hydrogens (tertiary/aromatic N) is 1. The van der Waals surface area contributed by atoms with E-state index in [2.05, 4.69) is 33.7 Å². The van der Waals surface area contributed by atoms with Crippen molar-refractivity contribution in [3.8, 4) is 12.3 Å². The molecule has 0 heterocycles. The SMILES string of the molecule is C#CCN(CC)Cc1ccc(Br)cc1N. The van der Waals surface area contributed by atoms with Crippen LogP contribution in [0.4, 0.5) is 5.69 Å². The molecule has 0 fully saturated rings. The molecule has 0 radical (unpaired) electrons. The molecule has 15 heavy (non-hydrogen) atoms. The lowest BCUT2D eigenvalue weighted by molar-refractivity contribution is 0.316. The fourth-order valence-corrected chi connectivity index (χ4v) is 1.74. The van der Waals surface area contributed by atoms with Crippen molar-refractivity contribution in [2.75, 3.05) is 18.8 Å². The first kappa shape index (κ1) is 12.1. The fraction of sp³-hybridized carbons (Fsp3) is 0.333. The summed E-state index contributed by atoms with van der Waals surface area (Å²) < 4.78 is 1.00. The molecule has 0 amide bonds. The van der Waals surface area contributed by atoms with E-state index in [0.29, 0.717) is 6.54 Å². The Morgan fingerprint density at radius 1 is 1.53 bits per heavy atom. The normalized spacial score (nSPS) is 10.3. The monoisotopic (exact) mass is 266 g/mol. The van der Waals surface area contributed by atoms with E-state index in [1.807, 2.05) is 18.2 Å². The molecule has 2 N–H and O–H groups in total. The van der Waals surface area contributed by atoms with Crippen LogP contribution in [0, 0.1) is 12.3 Å². The molecule has 1 rings (SSSR count). The quantitative estimate of drug-likeness (QED) is 0.670. The van der Waals surface area contributed by atoms with Gasteiger partial charge in [0.1, 0.15) is 0 Å². The smallest absolute Gasteiger partial charge is 0.0601 e. The maximum atomic E-state index is 5.91. The van der Waals surface area contributed by atoms with Crippen LogP contribution in [0.3, 0.4) is 0 Å². The van der Waals surface area contributed by atoms with Crippen LogP contribution in [-0.4, -0.2) is 18.0 Å². The molecule has 1 aromatic carbocycles. The molecule has 0 spiro atoms. The van der Waals surface area contributed by atoms with Crippen LogP contribution in [0.25, 0.3) is 0 Å². The van der Waals surface area contributed by atoms with Crippen molar-refractivity contribution in [1.82, 2.24) is 4.90 Å². The molecule has 80 valence electrons. The number of hydrogen-bond donors (Lipinski definition) is 1. The Balaban J connectivity index is 2.75. The van der Waals surface area contributed by atoms with Crippen molar-refractivity contribution in [2.45, 2.75) is 13.5 Å². The Labute approximate surface area is 99.6 Å². The van der Waals surface area contributed by atoms with Gasteiger partial charge in [-0.2, -0.15) is 0 Å². The van der Waals surface area contributed by atoms with E-state index < -0.39 is 0 Å². The summed E-state index contributed by atoms with van der Waals surface area (Å²) >= 11 is 3.38. The number of benzene rings is 1. The first-order chi connectivity index (χ1) is 7.17. The van der Waals surface area contributed by atoms with Crippen LogP contribution < -0.4 is 5.73 Å². The summed E-state index contributed by atoms with van der Waals surface area (Å²) in [6, 6.07) is 5.94. The lowest BCUT2D eigenvalue weighted by atomic mass is 10.1. The van der Waals surface area contributed by atoms with Crippen molar-refractivity contribution in [3.63, 3.8) is 0 Å². The molecule has 0 saturated carbocycles. The minimum atomic E-state index is 0.659. The molecule has 0 aliphatic carbocycles. The highest BCUT2D eigenvalue weighted by molar-refractivity contribution is 9.10. The number of nitrogen functional groups attached to an aromatic ring is 1. The Morgan fingerprint density at radius 3 is 2.80 bits per heavy atom. The Morgan fingerprint density at radius 2 is 2.27 bits per heavy atom. The largest absolute Gasteiger partial charge is 0.398 e. The summed E-state index contributed by atoms with van der Waals surface area (Å²) in [6.07, 6.45) is 5.29. The third kappa shape index (κ3) is 3.58. The van der Waals surface area contributed by atoms with Gasteiger partial charge in [-0.05, 0) is 24.2 Å². The topological polar surface area (TPSA) is 29.3 Å². The van der Waals surface area contributed by atoms with Gasteiger partial charge in [-0.3, -0.25) is 4.90 Å². The summed E-state index contributed by atoms with van der Waals surface area (Å²) in [6.45, 7) is 4.48. The van der Waals surface area contributed by atoms with Crippen molar-refractivity contribution in [2.24, 2.45) is 0 Å². The number of halogens is 1. The molecule has 1 aromatic rings. The van der Waals surface area contributed by atoms with E-state index in [9.17, 15) is 0 Å². The molecule has 0 saturated heterocycles. The van der Waals surface area contributed by atoms with E-state index in [1.54, 1.807) is 0 Å². The maximum Gasteiger partial charge on any atom is 0.0601 e. The zero-order chi connectivity index (χ0) is 11.3. The maximum absolute atomic E-state index is 5.91. The summed E-state index contributed by atoms with van der Waals surface area (Å²) in [5.41, 5.74) is 7.84. The van der Waals surface area contributed by atoms with E-state index >= 15 is 0 Å². The van der Waals surface area contributed by atoms with Gasteiger partial charge in [0.2, 0.25) is 0 Å². The fourth-order valence-electron chi connectivity index (χ4n) is 1.36. The molecule has 2 nitrogen and oxygen atoms in total. The van der Waals surface area contributed by atoms with Crippen molar-refractivity contribution >= 4 is 21.6 Å². The second-order valence-electron chi connectivity index (χ2n) is 3.35. The molecule has 0 unspecified atom stereocenters. The van der Waals surface area contributed by atoms with Crippen molar-refractivity contribution < 1.29 is 0 Å². The standard InChI is InChI=1S/C12H15BrN2/c1-3-7-15(4-2)9-10-5-6-11(13)8-12(10)14/h1,5-6,8H,4,7,9,14H2,2H3. The highest BCUT2D eigenvalue weighted by Gasteiger charge is 2.05. The van der Waals surface area contributed by atoms with Crippen LogP contribution in [0.1, 0.15) is 12.5 Å². The molecule has 0 aliphatic heterocycles. The second-order valence-corrected chi connectivity index (χ2v) is 4.27. The van der Waals surface area contributed by atoms with Crippen LogP contribution >= 0.6 is 15.9 Å². The van der Waals surface area contributed by atoms with Gasteiger partial charge in [-0.25, -0.2) is 0 Å². The number of terminal acetylenes is 1. The summed E-state index contributed by atoms with van der Waals surface area (Å²) in [4.78, 5) is 2.17. The highest BCUT2D eigenvalue weighted by Crippen LogP contribution is 2.19. The summed E-state index contributed by atoms with van der Waals surface area (Å²) in [5.74, 6) is 2.65. The summed E-state index contributed by atoms with van der Waals surface area (Å²) in [5, 5.41) is 0. The Kier molecular flexibility index (Phi) is 4.67. The molecule has 0 aliphatic rings. The Hall–Kier alpha value is -0.980. The van der Waals surface area contributed by atoms with Gasteiger partial charge in [-0.1, -0.05) is 34.8 Å². The van der Waals surface area contributed by atoms with Gasteiger partial charge in [0.15, 0.2) is 0 Å². The second kappa shape index (κ2) is 5.79. The molecular weight excluding hydrogens is 252 g/mol. The van der Waals surface area contributed by atoms with E-state index in [4.69, 9.17) is 12.2 Å². The third-order valence-electron chi connectivity index (χ3n) is 2.26. The predicted molar refractivity (Wildman–Crippen MR) is 68.3 cm³/mol. The van der Waals surface area contributed by atoms with Crippen LogP contribution in [0.15, 0.2) is 22.7 Å². The van der Waals surface area contributed by atoms with Crippen molar-refractivity contribution in [3.05, 3.63) is 28.2 Å². The number of nitrogens with two attached hydrogens (primary N) is 1. The van der Waals surface area contributed by atoms with E-state index in [-0.39, 0.29) is 0 Å². The zero-order valence-corrected chi connectivity index (χ0v) is 10.4. The van der Waals surface area contributed by atoms with Gasteiger partial charge < -0.3 is 5.73 Å². The number of rotatable bonds is 4. The average Bonchev–Trinajstić information content (AvgIpc) is 2.21. The zero-order valence-electron chi connectivity index (χ0n) is 8.83. The lowest BCUT2D eigenvalue weighted by Crippen LogP contribution is -2.23. The van der Waals surface area contributed by atoms with E-state index in [1.165, 1.54) is 0 Å². The first-order valence-corrected chi connectivity index (χ1v) is 5.66. The molecular formula is C12H15BrN2. The highest BCUT2D eigenvalue weighted by atomic mass is 79.9. The first-order valence-electron chi connectivity index (χ1n) is 4.87. The molecule has 0 bridgehead atoms. The molecule has 0 atom stereocenters. The summed E-state index contributed by atoms with van der Waals surface area (Å²) in [7, 11) is 0. The molecule has 3 heteroatoms. The molecule has 0 aromatic heterocycles. The van der Waals surface area contributed by atoms with Crippen LogP contribution in [-0.2, 0) is 6.54 Å². The predicted octanol–water partition coefficient (Wildman–Crippen LogP) is 2.49. The lowest BCUT2D eigenvalue weighted by Gasteiger charge is -2.18. The van der Waals surface area contributed by atoms with Gasteiger partial charge in [0.05, 0.1) is 6.54 Å². The average molecular weight is 267 g/mol. The van der Waals surface area contributed by atoms with Gasteiger partial charge in [-0.15, -0.1) is 6.42 Å². The minimum absolute atomic E-state index is 0.659. The van der Waals surface area contributed by atoms with E-state index in [0.717, 1.165) is 28.8 Å². The third-order valence-corrected chi connectivity index (χ3v) is 2.76. The minimum Gasteiger partial charge on any atom is -0.398 e. The van der Waals surface area contributed by atoms with Crippen LogP contribution in [0.5, 0.6) is 0 Å². The van der Waals surface area contributed by atoms with Gasteiger partial charge in [0.25, 0.3) is 0 Å². The van der Waals surface area contributed by atoms with Gasteiger partial charge in [0, 0.05) is 16.7 Å². The van der Waals surface area contributed by atoms with Crippen molar-refractivity contribution in [1.29, 1.82) is 0 Å². The Bertz CT molecular complexity index is 368. The number of anilines is 1.